The van der Waals surface area contributed by atoms with Crippen molar-refractivity contribution in [3.63, 3.8) is 0 Å². The Balaban J connectivity index is 1.53. The third-order valence-electron chi connectivity index (χ3n) is 5.71. The van der Waals surface area contributed by atoms with Crippen molar-refractivity contribution < 1.29 is 14.3 Å². The molecule has 0 radical (unpaired) electrons. The first kappa shape index (κ1) is 24.6. The summed E-state index contributed by atoms with van der Waals surface area (Å²) in [5.74, 6) is 1.17. The molecule has 0 saturated carbocycles. The Kier molecular flexibility index (Phi) is 7.36. The third-order valence-corrected chi connectivity index (χ3v) is 5.71. The van der Waals surface area contributed by atoms with Crippen LogP contribution >= 0.6 is 0 Å². The highest BCUT2D eigenvalue weighted by Gasteiger charge is 2.12. The van der Waals surface area contributed by atoms with Gasteiger partial charge in [-0.1, -0.05) is 18.2 Å². The van der Waals surface area contributed by atoms with Gasteiger partial charge in [-0.25, -0.2) is 4.98 Å². The number of carbonyl (C=O) groups excluding carboxylic acids is 1. The van der Waals surface area contributed by atoms with Crippen molar-refractivity contribution in [3.05, 3.63) is 82.7 Å². The lowest BCUT2D eigenvalue weighted by molar-refractivity contribution is -0.118. The van der Waals surface area contributed by atoms with E-state index in [1.165, 1.54) is 0 Å². The Hall–Kier alpha value is -4.57. The van der Waals surface area contributed by atoms with Gasteiger partial charge in [0, 0.05) is 5.69 Å². The lowest BCUT2D eigenvalue weighted by Crippen LogP contribution is -2.20. The monoisotopic (exact) mass is 480 g/mol. The molecule has 0 aliphatic carbocycles. The fourth-order valence-electron chi connectivity index (χ4n) is 3.78. The van der Waals surface area contributed by atoms with Crippen LogP contribution in [0, 0.1) is 32.1 Å². The van der Waals surface area contributed by atoms with E-state index in [1.54, 1.807) is 18.2 Å². The molecule has 0 spiro atoms. The number of aromatic amines is 1. The van der Waals surface area contributed by atoms with Gasteiger partial charge in [-0.05, 0) is 92.4 Å². The molecule has 0 unspecified atom stereocenters. The van der Waals surface area contributed by atoms with Gasteiger partial charge < -0.3 is 19.8 Å². The first-order valence-electron chi connectivity index (χ1n) is 11.7. The summed E-state index contributed by atoms with van der Waals surface area (Å²) in [6.07, 6.45) is 1.74. The third kappa shape index (κ3) is 5.73. The zero-order chi connectivity index (χ0) is 25.7. The summed E-state index contributed by atoms with van der Waals surface area (Å²) in [4.78, 5) is 20.2. The van der Waals surface area contributed by atoms with Crippen LogP contribution in [0.25, 0.3) is 22.7 Å². The maximum absolute atomic E-state index is 12.4. The molecule has 0 atom stereocenters. The smallest absolute Gasteiger partial charge is 0.262 e. The maximum atomic E-state index is 12.4. The van der Waals surface area contributed by atoms with E-state index in [-0.39, 0.29) is 12.5 Å². The molecular formula is C29H28N4O3. The zero-order valence-electron chi connectivity index (χ0n) is 20.8. The van der Waals surface area contributed by atoms with Crippen molar-refractivity contribution >= 4 is 34.3 Å². The van der Waals surface area contributed by atoms with E-state index in [0.717, 1.165) is 33.3 Å². The highest BCUT2D eigenvalue weighted by molar-refractivity contribution is 5.92. The summed E-state index contributed by atoms with van der Waals surface area (Å²) in [6, 6.07) is 19.2. The number of rotatable bonds is 8. The van der Waals surface area contributed by atoms with Crippen LogP contribution in [-0.2, 0) is 4.79 Å². The predicted molar refractivity (Wildman–Crippen MR) is 142 cm³/mol. The number of amides is 1. The van der Waals surface area contributed by atoms with Crippen molar-refractivity contribution in [1.82, 2.24) is 9.97 Å². The largest absolute Gasteiger partial charge is 0.490 e. The molecule has 3 aromatic carbocycles. The molecule has 4 rings (SSSR count). The van der Waals surface area contributed by atoms with Crippen LogP contribution in [0.2, 0.25) is 0 Å². The molecule has 7 nitrogen and oxygen atoms in total. The number of anilines is 1. The summed E-state index contributed by atoms with van der Waals surface area (Å²) >= 11 is 0. The van der Waals surface area contributed by atoms with Gasteiger partial charge in [-0.3, -0.25) is 4.79 Å². The molecule has 1 amide bonds. The average molecular weight is 481 g/mol. The fourth-order valence-corrected chi connectivity index (χ4v) is 3.78. The molecule has 0 fully saturated rings. The van der Waals surface area contributed by atoms with E-state index in [2.05, 4.69) is 21.4 Å². The van der Waals surface area contributed by atoms with Crippen LogP contribution in [0.4, 0.5) is 5.69 Å². The summed E-state index contributed by atoms with van der Waals surface area (Å²) < 4.78 is 11.5. The number of nitriles is 1. The minimum atomic E-state index is -0.269. The second-order valence-electron chi connectivity index (χ2n) is 8.55. The molecule has 0 saturated heterocycles. The molecule has 1 aromatic heterocycles. The van der Waals surface area contributed by atoms with E-state index < -0.39 is 0 Å². The van der Waals surface area contributed by atoms with Crippen LogP contribution in [0.5, 0.6) is 11.5 Å². The van der Waals surface area contributed by atoms with Crippen LogP contribution in [0.3, 0.4) is 0 Å². The number of aromatic nitrogens is 2. The van der Waals surface area contributed by atoms with Crippen molar-refractivity contribution in [3.8, 4) is 17.6 Å². The highest BCUT2D eigenvalue weighted by atomic mass is 16.5. The molecule has 182 valence electrons. The Bertz CT molecular complexity index is 1460. The lowest BCUT2D eigenvalue weighted by Gasteiger charge is -2.13. The number of fused-ring (bicyclic) bond motifs is 1. The van der Waals surface area contributed by atoms with Crippen molar-refractivity contribution in [2.45, 2.75) is 27.7 Å². The summed E-state index contributed by atoms with van der Waals surface area (Å²) in [5.41, 5.74) is 6.93. The van der Waals surface area contributed by atoms with Gasteiger partial charge in [-0.2, -0.15) is 5.26 Å². The number of benzene rings is 3. The number of hydrogen-bond donors (Lipinski definition) is 2. The minimum Gasteiger partial charge on any atom is -0.490 e. The average Bonchev–Trinajstić information content (AvgIpc) is 3.24. The van der Waals surface area contributed by atoms with Crippen LogP contribution in [0.1, 0.15) is 35.0 Å². The Morgan fingerprint density at radius 2 is 1.86 bits per heavy atom. The second kappa shape index (κ2) is 10.8. The van der Waals surface area contributed by atoms with E-state index in [9.17, 15) is 10.1 Å². The summed E-state index contributed by atoms with van der Waals surface area (Å²) in [7, 11) is 0. The lowest BCUT2D eigenvalue weighted by atomic mass is 10.1. The van der Waals surface area contributed by atoms with Crippen molar-refractivity contribution in [1.29, 1.82) is 5.26 Å². The number of carbonyl (C=O) groups is 1. The maximum Gasteiger partial charge on any atom is 0.262 e. The molecular weight excluding hydrogens is 452 g/mol. The van der Waals surface area contributed by atoms with Gasteiger partial charge in [0.15, 0.2) is 18.1 Å². The van der Waals surface area contributed by atoms with Crippen LogP contribution in [0.15, 0.2) is 54.6 Å². The van der Waals surface area contributed by atoms with Gasteiger partial charge in [0.05, 0.1) is 23.2 Å². The Morgan fingerprint density at radius 1 is 1.06 bits per heavy atom. The number of hydrogen-bond acceptors (Lipinski definition) is 5. The SMILES string of the molecule is CCOc1cc(/C=C(\C#N)c2nc3cc(C)c(C)cc3[nH]2)ccc1OCC(=O)Nc1cccc(C)c1. The quantitative estimate of drug-likeness (QED) is 0.303. The molecule has 0 bridgehead atoms. The highest BCUT2D eigenvalue weighted by Crippen LogP contribution is 2.30. The van der Waals surface area contributed by atoms with Gasteiger partial charge in [0.2, 0.25) is 0 Å². The Morgan fingerprint density at radius 3 is 2.61 bits per heavy atom. The fraction of sp³-hybridized carbons (Fsp3) is 0.207. The standard InChI is InChI=1S/C29H28N4O3/c1-5-35-27-15-21(9-10-26(27)36-17-28(34)31-23-8-6-7-18(2)11-23)14-22(16-30)29-32-24-12-19(3)20(4)13-25(24)33-29/h6-15H,5,17H2,1-4H3,(H,31,34)(H,32,33)/b22-14+. The predicted octanol–water partition coefficient (Wildman–Crippen LogP) is 5.97. The van der Waals surface area contributed by atoms with Crippen molar-refractivity contribution in [2.24, 2.45) is 0 Å². The molecule has 0 aliphatic rings. The summed E-state index contributed by atoms with van der Waals surface area (Å²) in [6.45, 7) is 8.17. The number of ether oxygens (including phenoxy) is 2. The van der Waals surface area contributed by atoms with Gasteiger partial charge in [0.25, 0.3) is 5.91 Å². The summed E-state index contributed by atoms with van der Waals surface area (Å²) in [5, 5.41) is 12.6. The molecule has 4 aromatic rings. The molecule has 0 aliphatic heterocycles. The minimum absolute atomic E-state index is 0.162. The molecule has 7 heteroatoms. The normalized spacial score (nSPS) is 11.2. The molecule has 36 heavy (non-hydrogen) atoms. The van der Waals surface area contributed by atoms with E-state index in [0.29, 0.717) is 35.2 Å². The number of allylic oxidation sites excluding steroid dienone is 1. The molecule has 1 heterocycles. The first-order valence-corrected chi connectivity index (χ1v) is 11.7. The van der Waals surface area contributed by atoms with Crippen LogP contribution in [-0.4, -0.2) is 29.1 Å². The van der Waals surface area contributed by atoms with E-state index in [1.807, 2.05) is 70.2 Å². The van der Waals surface area contributed by atoms with Gasteiger partial charge in [0.1, 0.15) is 11.9 Å². The van der Waals surface area contributed by atoms with Gasteiger partial charge >= 0.3 is 0 Å². The van der Waals surface area contributed by atoms with Crippen molar-refractivity contribution in [2.75, 3.05) is 18.5 Å². The van der Waals surface area contributed by atoms with E-state index >= 15 is 0 Å². The number of imidazole rings is 1. The van der Waals surface area contributed by atoms with Crippen LogP contribution < -0.4 is 14.8 Å². The Labute approximate surface area is 210 Å². The van der Waals surface area contributed by atoms with Gasteiger partial charge in [-0.15, -0.1) is 0 Å². The molecule has 2 N–H and O–H groups in total. The second-order valence-corrected chi connectivity index (χ2v) is 8.55. The van der Waals surface area contributed by atoms with E-state index in [4.69, 9.17) is 9.47 Å². The number of aryl methyl sites for hydroxylation is 3. The number of nitrogens with one attached hydrogen (secondary N) is 2. The number of H-pyrrole nitrogens is 1. The zero-order valence-corrected chi connectivity index (χ0v) is 20.8. The number of nitrogens with zero attached hydrogens (tertiary/aromatic N) is 2. The topological polar surface area (TPSA) is 100 Å². The first-order chi connectivity index (χ1) is 17.4.